The number of halogens is 1. The van der Waals surface area contributed by atoms with Crippen LogP contribution in [-0.2, 0) is 0 Å². The number of hydrogen-bond donors (Lipinski definition) is 2. The van der Waals surface area contributed by atoms with E-state index in [4.69, 9.17) is 4.74 Å². The maximum atomic E-state index is 14.9. The smallest absolute Gasteiger partial charge is 0.233 e. The van der Waals surface area contributed by atoms with Gasteiger partial charge >= 0.3 is 0 Å². The number of aromatic nitrogens is 4. The van der Waals surface area contributed by atoms with E-state index in [1.807, 2.05) is 18.0 Å². The third-order valence-corrected chi connectivity index (χ3v) is 6.33. The van der Waals surface area contributed by atoms with Crippen molar-refractivity contribution < 1.29 is 14.2 Å². The number of phenols is 1. The van der Waals surface area contributed by atoms with Crippen LogP contribution in [0.15, 0.2) is 36.5 Å². The Morgan fingerprint density at radius 1 is 1.15 bits per heavy atom. The molecule has 1 aliphatic rings. The second-order valence-electron chi connectivity index (χ2n) is 9.44. The number of phenolic OH excluding ortho intramolecular Hbond substituents is 1. The Kier molecular flexibility index (Phi) is 6.92. The van der Waals surface area contributed by atoms with Crippen molar-refractivity contribution in [2.45, 2.75) is 51.1 Å². The molecule has 34 heavy (non-hydrogen) atoms. The standard InChI is InChI=1S/C25H31FN6O2/c1-25(2,28-17-6-5-7-17)10-11-32(3)23-9-8-21(29-30-23)19-13-20(26)18(14-22(19)33)16-12-24(34-4)31-27-15-16/h8-9,12-15,17,28,33H,5-7,10-11H2,1-4H3. The van der Waals surface area contributed by atoms with Crippen molar-refractivity contribution in [1.29, 1.82) is 0 Å². The van der Waals surface area contributed by atoms with Crippen LogP contribution in [-0.4, -0.2) is 57.8 Å². The molecule has 2 aromatic heterocycles. The number of ether oxygens (including phenoxy) is 1. The highest BCUT2D eigenvalue weighted by atomic mass is 19.1. The Bertz CT molecular complexity index is 1130. The summed E-state index contributed by atoms with van der Waals surface area (Å²) in [5.41, 5.74) is 1.34. The quantitative estimate of drug-likeness (QED) is 0.484. The van der Waals surface area contributed by atoms with Crippen molar-refractivity contribution >= 4 is 5.82 Å². The van der Waals surface area contributed by atoms with E-state index in [1.54, 1.807) is 12.1 Å². The maximum Gasteiger partial charge on any atom is 0.233 e. The van der Waals surface area contributed by atoms with Crippen molar-refractivity contribution in [3.63, 3.8) is 0 Å². The first-order chi connectivity index (χ1) is 16.3. The van der Waals surface area contributed by atoms with Crippen molar-refractivity contribution in [3.05, 3.63) is 42.3 Å². The van der Waals surface area contributed by atoms with Gasteiger partial charge < -0.3 is 20.1 Å². The van der Waals surface area contributed by atoms with Gasteiger partial charge in [0.25, 0.3) is 0 Å². The number of aromatic hydroxyl groups is 1. The van der Waals surface area contributed by atoms with Crippen molar-refractivity contribution in [2.75, 3.05) is 25.6 Å². The molecule has 0 unspecified atom stereocenters. The molecule has 2 heterocycles. The third-order valence-electron chi connectivity index (χ3n) is 6.33. The topological polar surface area (TPSA) is 96.3 Å². The number of rotatable bonds is 9. The first-order valence-electron chi connectivity index (χ1n) is 11.5. The second kappa shape index (κ2) is 9.89. The summed E-state index contributed by atoms with van der Waals surface area (Å²) in [6.07, 6.45) is 6.20. The fraction of sp³-hybridized carbons (Fsp3) is 0.440. The van der Waals surface area contributed by atoms with Gasteiger partial charge in [-0.15, -0.1) is 15.3 Å². The van der Waals surface area contributed by atoms with Gasteiger partial charge in [0.05, 0.1) is 19.0 Å². The largest absolute Gasteiger partial charge is 0.507 e. The maximum absolute atomic E-state index is 14.9. The predicted molar refractivity (Wildman–Crippen MR) is 129 cm³/mol. The number of anilines is 1. The molecule has 180 valence electrons. The molecule has 1 aliphatic carbocycles. The lowest BCUT2D eigenvalue weighted by Gasteiger charge is -2.37. The van der Waals surface area contributed by atoms with Crippen molar-refractivity contribution in [2.24, 2.45) is 0 Å². The minimum absolute atomic E-state index is 0.0478. The molecule has 0 radical (unpaired) electrons. The molecule has 9 heteroatoms. The Morgan fingerprint density at radius 3 is 2.59 bits per heavy atom. The fourth-order valence-electron chi connectivity index (χ4n) is 3.99. The molecule has 1 fully saturated rings. The van der Waals surface area contributed by atoms with Gasteiger partial charge in [-0.3, -0.25) is 0 Å². The molecule has 0 atom stereocenters. The van der Waals surface area contributed by atoms with Crippen LogP contribution in [0.25, 0.3) is 22.4 Å². The first-order valence-corrected chi connectivity index (χ1v) is 11.5. The number of methoxy groups -OCH3 is 1. The van der Waals surface area contributed by atoms with Crippen LogP contribution >= 0.6 is 0 Å². The lowest BCUT2D eigenvalue weighted by atomic mass is 9.89. The van der Waals surface area contributed by atoms with Gasteiger partial charge in [0.15, 0.2) is 5.82 Å². The summed E-state index contributed by atoms with van der Waals surface area (Å²) in [4.78, 5) is 2.05. The van der Waals surface area contributed by atoms with Crippen LogP contribution in [0.5, 0.6) is 11.6 Å². The van der Waals surface area contributed by atoms with Gasteiger partial charge in [0.2, 0.25) is 5.88 Å². The minimum Gasteiger partial charge on any atom is -0.507 e. The van der Waals surface area contributed by atoms with Crippen LogP contribution < -0.4 is 15.0 Å². The van der Waals surface area contributed by atoms with E-state index in [-0.39, 0.29) is 28.3 Å². The van der Waals surface area contributed by atoms with E-state index in [0.717, 1.165) is 18.8 Å². The van der Waals surface area contributed by atoms with E-state index in [2.05, 4.69) is 39.6 Å². The average molecular weight is 467 g/mol. The summed E-state index contributed by atoms with van der Waals surface area (Å²) in [6.45, 7) is 5.28. The van der Waals surface area contributed by atoms with Crippen LogP contribution in [0.4, 0.5) is 10.2 Å². The molecule has 1 aromatic carbocycles. The minimum atomic E-state index is -0.521. The van der Waals surface area contributed by atoms with Crippen molar-refractivity contribution in [3.8, 4) is 34.0 Å². The molecule has 3 aromatic rings. The predicted octanol–water partition coefficient (Wildman–Crippen LogP) is 4.20. The molecular formula is C25H31FN6O2. The fourth-order valence-corrected chi connectivity index (χ4v) is 3.99. The third kappa shape index (κ3) is 5.41. The van der Waals surface area contributed by atoms with E-state index in [9.17, 15) is 9.50 Å². The summed E-state index contributed by atoms with van der Waals surface area (Å²) >= 11 is 0. The average Bonchev–Trinajstić information content (AvgIpc) is 2.81. The molecule has 4 rings (SSSR count). The molecule has 1 saturated carbocycles. The van der Waals surface area contributed by atoms with Gasteiger partial charge in [-0.2, -0.15) is 5.10 Å². The first kappa shape index (κ1) is 23.8. The summed E-state index contributed by atoms with van der Waals surface area (Å²) < 4.78 is 20.0. The molecular weight excluding hydrogens is 435 g/mol. The lowest BCUT2D eigenvalue weighted by Crippen LogP contribution is -2.50. The van der Waals surface area contributed by atoms with Crippen LogP contribution in [0, 0.1) is 5.82 Å². The molecule has 0 saturated heterocycles. The van der Waals surface area contributed by atoms with Gasteiger partial charge in [-0.25, -0.2) is 4.39 Å². The zero-order valence-electron chi connectivity index (χ0n) is 20.0. The summed E-state index contributed by atoms with van der Waals surface area (Å²) in [7, 11) is 3.43. The second-order valence-corrected chi connectivity index (χ2v) is 9.44. The summed E-state index contributed by atoms with van der Waals surface area (Å²) in [5.74, 6) is 0.349. The number of hydrogen-bond acceptors (Lipinski definition) is 8. The van der Waals surface area contributed by atoms with Gasteiger partial charge in [0.1, 0.15) is 11.6 Å². The molecule has 8 nitrogen and oxygen atoms in total. The van der Waals surface area contributed by atoms with Crippen LogP contribution in [0.2, 0.25) is 0 Å². The highest BCUT2D eigenvalue weighted by molar-refractivity contribution is 5.75. The Labute approximate surface area is 199 Å². The summed E-state index contributed by atoms with van der Waals surface area (Å²) in [6, 6.07) is 8.35. The summed E-state index contributed by atoms with van der Waals surface area (Å²) in [5, 5.41) is 30.4. The van der Waals surface area contributed by atoms with Gasteiger partial charge in [0, 0.05) is 47.9 Å². The lowest BCUT2D eigenvalue weighted by molar-refractivity contribution is 0.243. The number of benzene rings is 1. The molecule has 0 spiro atoms. The highest BCUT2D eigenvalue weighted by Gasteiger charge is 2.26. The SMILES string of the molecule is COc1cc(-c2cc(O)c(-c3ccc(N(C)CCC(C)(C)NC4CCC4)nn3)cc2F)cnn1. The van der Waals surface area contributed by atoms with Crippen LogP contribution in [0.3, 0.4) is 0 Å². The van der Waals surface area contributed by atoms with Crippen LogP contribution in [0.1, 0.15) is 39.5 Å². The van der Waals surface area contributed by atoms with E-state index in [1.165, 1.54) is 44.7 Å². The van der Waals surface area contributed by atoms with E-state index >= 15 is 0 Å². The number of nitrogens with zero attached hydrogens (tertiary/aromatic N) is 5. The molecule has 2 N–H and O–H groups in total. The van der Waals surface area contributed by atoms with Gasteiger partial charge in [-0.1, -0.05) is 6.42 Å². The van der Waals surface area contributed by atoms with Gasteiger partial charge in [-0.05, 0) is 57.4 Å². The van der Waals surface area contributed by atoms with E-state index < -0.39 is 5.82 Å². The zero-order chi connectivity index (χ0) is 24.3. The highest BCUT2D eigenvalue weighted by Crippen LogP contribution is 2.35. The Morgan fingerprint density at radius 2 is 1.94 bits per heavy atom. The monoisotopic (exact) mass is 466 g/mol. The van der Waals surface area contributed by atoms with Crippen molar-refractivity contribution in [1.82, 2.24) is 25.7 Å². The van der Waals surface area contributed by atoms with E-state index in [0.29, 0.717) is 17.3 Å². The number of nitrogens with one attached hydrogen (secondary N) is 1. The Balaban J connectivity index is 1.46. The normalized spacial score (nSPS) is 14.0. The molecule has 0 aliphatic heterocycles. The zero-order valence-corrected chi connectivity index (χ0v) is 20.0. The molecule has 0 amide bonds. The molecule has 0 bridgehead atoms. The Hall–Kier alpha value is -3.33.